The number of hydrogen-bond acceptors (Lipinski definition) is 7. The van der Waals surface area contributed by atoms with E-state index in [9.17, 15) is 4.79 Å². The molecule has 7 heteroatoms. The summed E-state index contributed by atoms with van der Waals surface area (Å²) in [5.74, 6) is -0.262. The fourth-order valence-corrected chi connectivity index (χ4v) is 1.81. The minimum atomic E-state index is -0.262. The van der Waals surface area contributed by atoms with Crippen molar-refractivity contribution in [3.63, 3.8) is 0 Å². The van der Waals surface area contributed by atoms with Crippen LogP contribution in [0.25, 0.3) is 0 Å². The molecule has 7 nitrogen and oxygen atoms in total. The zero-order valence-electron chi connectivity index (χ0n) is 23.9. The van der Waals surface area contributed by atoms with Crippen molar-refractivity contribution in [1.29, 1.82) is 0 Å². The molecule has 0 rings (SSSR count). The van der Waals surface area contributed by atoms with Crippen molar-refractivity contribution < 1.29 is 33.2 Å². The molecule has 0 aromatic rings. The Morgan fingerprint density at radius 2 is 0.848 bits per heavy atom. The van der Waals surface area contributed by atoms with E-state index in [0.29, 0.717) is 39.6 Å². The Balaban J connectivity index is -0.000000426. The van der Waals surface area contributed by atoms with E-state index in [2.05, 4.69) is 39.4 Å². The Kier molecular flexibility index (Phi) is 24.3. The van der Waals surface area contributed by atoms with Crippen molar-refractivity contribution in [3.8, 4) is 0 Å². The average molecular weight is 481 g/mol. The van der Waals surface area contributed by atoms with Crippen molar-refractivity contribution in [2.24, 2.45) is 0 Å². The van der Waals surface area contributed by atoms with Gasteiger partial charge in [-0.15, -0.1) is 0 Å². The summed E-state index contributed by atoms with van der Waals surface area (Å²) in [6, 6.07) is 0. The van der Waals surface area contributed by atoms with Gasteiger partial charge in [-0.2, -0.15) is 0 Å². The van der Waals surface area contributed by atoms with Gasteiger partial charge in [-0.1, -0.05) is 13.8 Å². The molecule has 0 bridgehead atoms. The van der Waals surface area contributed by atoms with Crippen LogP contribution in [0.1, 0.15) is 95.9 Å². The van der Waals surface area contributed by atoms with Gasteiger partial charge in [-0.25, -0.2) is 0 Å². The largest absolute Gasteiger partial charge is 0.463 e. The van der Waals surface area contributed by atoms with Gasteiger partial charge in [0.25, 0.3) is 0 Å². The Morgan fingerprint density at radius 3 is 1.18 bits per heavy atom. The zero-order valence-corrected chi connectivity index (χ0v) is 23.9. The quantitative estimate of drug-likeness (QED) is 0.243. The SMILES string of the molecule is CC(=O)OCCOC(C)(C)C.CCCOC(C)(C)C.CCCOCCOCCOC(C)(C)C. The Labute approximate surface area is 205 Å². The molecule has 0 amide bonds. The second kappa shape index (κ2) is 21.8. The van der Waals surface area contributed by atoms with Gasteiger partial charge < -0.3 is 28.4 Å². The Morgan fingerprint density at radius 1 is 0.515 bits per heavy atom. The molecular weight excluding hydrogens is 424 g/mol. The standard InChI is InChI=1S/C11H24O3.C8H16O3.C7H16O/c1-5-6-12-7-8-13-9-10-14-11(2,3)4;1-7(9)10-5-6-11-8(2,3)4;1-5-6-8-7(2,3)4/h5-10H2,1-4H3;5-6H2,1-4H3;5-6H2,1-4H3. The van der Waals surface area contributed by atoms with Gasteiger partial charge in [-0.05, 0) is 75.2 Å². The van der Waals surface area contributed by atoms with Crippen LogP contribution < -0.4 is 0 Å². The second-order valence-corrected chi connectivity index (χ2v) is 10.4. The van der Waals surface area contributed by atoms with Crippen molar-refractivity contribution in [2.75, 3.05) is 52.9 Å². The molecule has 0 radical (unpaired) electrons. The molecule has 0 heterocycles. The lowest BCUT2D eigenvalue weighted by molar-refractivity contribution is -0.144. The number of hydrogen-bond donors (Lipinski definition) is 0. The first-order valence-corrected chi connectivity index (χ1v) is 12.2. The predicted octanol–water partition coefficient (Wildman–Crippen LogP) is 5.82. The van der Waals surface area contributed by atoms with Crippen molar-refractivity contribution in [2.45, 2.75) is 113 Å². The minimum Gasteiger partial charge on any atom is -0.463 e. The second-order valence-electron chi connectivity index (χ2n) is 10.4. The fraction of sp³-hybridized carbons (Fsp3) is 0.962. The smallest absolute Gasteiger partial charge is 0.302 e. The van der Waals surface area contributed by atoms with E-state index in [4.69, 9.17) is 23.7 Å². The maximum Gasteiger partial charge on any atom is 0.302 e. The van der Waals surface area contributed by atoms with Crippen LogP contribution in [-0.2, 0) is 33.2 Å². The van der Waals surface area contributed by atoms with Crippen molar-refractivity contribution >= 4 is 5.97 Å². The molecule has 0 saturated carbocycles. The highest BCUT2D eigenvalue weighted by atomic mass is 16.6. The summed E-state index contributed by atoms with van der Waals surface area (Å²) >= 11 is 0. The summed E-state index contributed by atoms with van der Waals surface area (Å²) in [5, 5.41) is 0. The van der Waals surface area contributed by atoms with E-state index >= 15 is 0 Å². The third-order valence-corrected chi connectivity index (χ3v) is 3.15. The summed E-state index contributed by atoms with van der Waals surface area (Å²) in [5.41, 5.74) is -0.168. The third kappa shape index (κ3) is 49.5. The molecule has 0 N–H and O–H groups in total. The summed E-state index contributed by atoms with van der Waals surface area (Å²) < 4.78 is 31.4. The van der Waals surface area contributed by atoms with Gasteiger partial charge >= 0.3 is 5.97 Å². The first-order valence-electron chi connectivity index (χ1n) is 12.2. The molecule has 0 atom stereocenters. The molecule has 0 aromatic heterocycles. The van der Waals surface area contributed by atoms with E-state index in [1.165, 1.54) is 6.92 Å². The van der Waals surface area contributed by atoms with Gasteiger partial charge in [-0.3, -0.25) is 4.79 Å². The highest BCUT2D eigenvalue weighted by molar-refractivity contribution is 5.65. The first kappa shape index (κ1) is 36.8. The van der Waals surface area contributed by atoms with Gasteiger partial charge in [0.1, 0.15) is 6.61 Å². The minimum absolute atomic E-state index is 0.0516. The van der Waals surface area contributed by atoms with E-state index < -0.39 is 0 Å². The van der Waals surface area contributed by atoms with E-state index in [-0.39, 0.29) is 22.8 Å². The molecule has 0 fully saturated rings. The third-order valence-electron chi connectivity index (χ3n) is 3.15. The fourth-order valence-electron chi connectivity index (χ4n) is 1.81. The van der Waals surface area contributed by atoms with Crippen LogP contribution in [0.15, 0.2) is 0 Å². The summed E-state index contributed by atoms with van der Waals surface area (Å²) in [6.45, 7) is 28.9. The van der Waals surface area contributed by atoms with Gasteiger partial charge in [0, 0.05) is 20.1 Å². The summed E-state index contributed by atoms with van der Waals surface area (Å²) in [4.78, 5) is 10.3. The number of carbonyl (C=O) groups is 1. The molecular formula is C26H56O7. The summed E-state index contributed by atoms with van der Waals surface area (Å²) in [6.07, 6.45) is 2.17. The molecule has 0 aliphatic carbocycles. The molecule has 0 aromatic carbocycles. The first-order chi connectivity index (χ1) is 15.0. The van der Waals surface area contributed by atoms with Crippen molar-refractivity contribution in [1.82, 2.24) is 0 Å². The Bertz CT molecular complexity index is 418. The van der Waals surface area contributed by atoms with Crippen LogP contribution in [0.4, 0.5) is 0 Å². The van der Waals surface area contributed by atoms with Gasteiger partial charge in [0.2, 0.25) is 0 Å². The summed E-state index contributed by atoms with van der Waals surface area (Å²) in [7, 11) is 0. The van der Waals surface area contributed by atoms with Crippen LogP contribution in [-0.4, -0.2) is 75.6 Å². The number of carbonyl (C=O) groups excluding carboxylic acids is 1. The van der Waals surface area contributed by atoms with Crippen LogP contribution in [0.3, 0.4) is 0 Å². The topological polar surface area (TPSA) is 72.5 Å². The maximum absolute atomic E-state index is 10.3. The van der Waals surface area contributed by atoms with Crippen LogP contribution in [0.2, 0.25) is 0 Å². The van der Waals surface area contributed by atoms with Crippen molar-refractivity contribution in [3.05, 3.63) is 0 Å². The number of esters is 1. The molecule has 202 valence electrons. The normalized spacial score (nSPS) is 11.8. The monoisotopic (exact) mass is 480 g/mol. The number of rotatable bonds is 13. The van der Waals surface area contributed by atoms with E-state index in [0.717, 1.165) is 26.1 Å². The lowest BCUT2D eigenvalue weighted by atomic mass is 10.2. The molecule has 0 unspecified atom stereocenters. The maximum atomic E-state index is 10.3. The van der Waals surface area contributed by atoms with Gasteiger partial charge in [0.05, 0.1) is 49.8 Å². The lowest BCUT2D eigenvalue weighted by Gasteiger charge is -2.19. The average Bonchev–Trinajstić information content (AvgIpc) is 2.64. The highest BCUT2D eigenvalue weighted by Gasteiger charge is 2.10. The molecule has 0 aliphatic heterocycles. The number of ether oxygens (including phenoxy) is 6. The van der Waals surface area contributed by atoms with Crippen LogP contribution in [0, 0.1) is 0 Å². The van der Waals surface area contributed by atoms with Gasteiger partial charge in [0.15, 0.2) is 0 Å². The lowest BCUT2D eigenvalue weighted by Crippen LogP contribution is -2.22. The predicted molar refractivity (Wildman–Crippen MR) is 136 cm³/mol. The Hall–Kier alpha value is -0.730. The highest BCUT2D eigenvalue weighted by Crippen LogP contribution is 2.07. The van der Waals surface area contributed by atoms with Crippen LogP contribution in [0.5, 0.6) is 0 Å². The molecule has 0 aliphatic rings. The van der Waals surface area contributed by atoms with Crippen LogP contribution >= 0.6 is 0 Å². The molecule has 33 heavy (non-hydrogen) atoms. The zero-order chi connectivity index (χ0) is 26.4. The van der Waals surface area contributed by atoms with E-state index in [1.807, 2.05) is 41.5 Å². The van der Waals surface area contributed by atoms with E-state index in [1.54, 1.807) is 0 Å². The molecule has 0 saturated heterocycles. The molecule has 0 spiro atoms.